The quantitative estimate of drug-likeness (QED) is 0.635. The molecule has 0 saturated carbocycles. The van der Waals surface area contributed by atoms with Crippen LogP contribution in [-0.4, -0.2) is 9.59 Å². The van der Waals surface area contributed by atoms with Crippen LogP contribution in [0.2, 0.25) is 5.02 Å². The lowest BCUT2D eigenvalue weighted by Gasteiger charge is -1.91. The van der Waals surface area contributed by atoms with Crippen LogP contribution in [0.25, 0.3) is 10.2 Å². The van der Waals surface area contributed by atoms with Crippen LogP contribution in [0.15, 0.2) is 12.1 Å². The van der Waals surface area contributed by atoms with Crippen LogP contribution in [0.4, 0.5) is 4.39 Å². The van der Waals surface area contributed by atoms with E-state index < -0.39 is 5.82 Å². The Kier molecular flexibility index (Phi) is 1.51. The minimum atomic E-state index is -0.452. The molecule has 0 unspecified atom stereocenters. The molecule has 1 aromatic heterocycles. The third-order valence-electron chi connectivity index (χ3n) is 1.31. The summed E-state index contributed by atoms with van der Waals surface area (Å²) in [5.41, 5.74) is 0.441. The van der Waals surface area contributed by atoms with E-state index in [1.165, 1.54) is 17.6 Å². The van der Waals surface area contributed by atoms with Crippen molar-refractivity contribution in [3.05, 3.63) is 23.0 Å². The average Bonchev–Trinajstić information content (AvgIpc) is 2.45. The normalized spacial score (nSPS) is 10.7. The summed E-state index contributed by atoms with van der Waals surface area (Å²) >= 11 is 6.79. The minimum Gasteiger partial charge on any atom is -0.205 e. The van der Waals surface area contributed by atoms with Crippen LogP contribution in [0.3, 0.4) is 0 Å². The van der Waals surface area contributed by atoms with Crippen molar-refractivity contribution in [3.63, 3.8) is 0 Å². The lowest BCUT2D eigenvalue weighted by atomic mass is 10.3. The topological polar surface area (TPSA) is 25.8 Å². The molecule has 11 heavy (non-hydrogen) atoms. The highest BCUT2D eigenvalue weighted by atomic mass is 35.5. The molecule has 2 rings (SSSR count). The highest BCUT2D eigenvalue weighted by Crippen LogP contribution is 2.25. The van der Waals surface area contributed by atoms with E-state index in [1.54, 1.807) is 6.07 Å². The Bertz CT molecular complexity index is 400. The van der Waals surface area contributed by atoms with Crippen molar-refractivity contribution in [2.75, 3.05) is 0 Å². The van der Waals surface area contributed by atoms with Gasteiger partial charge >= 0.3 is 0 Å². The zero-order valence-electron chi connectivity index (χ0n) is 5.21. The lowest BCUT2D eigenvalue weighted by Crippen LogP contribution is -1.77. The second-order valence-corrected chi connectivity index (χ2v) is 3.14. The molecule has 0 N–H and O–H groups in total. The highest BCUT2D eigenvalue weighted by molar-refractivity contribution is 7.13. The summed E-state index contributed by atoms with van der Waals surface area (Å²) in [7, 11) is 0. The molecule has 0 aliphatic rings. The molecule has 0 radical (unpaired) electrons. The highest BCUT2D eigenvalue weighted by Gasteiger charge is 2.07. The van der Waals surface area contributed by atoms with Crippen molar-refractivity contribution in [1.82, 2.24) is 9.59 Å². The molecule has 0 amide bonds. The summed E-state index contributed by atoms with van der Waals surface area (Å²) in [4.78, 5) is 0. The lowest BCUT2D eigenvalue weighted by molar-refractivity contribution is 0.630. The summed E-state index contributed by atoms with van der Waals surface area (Å²) in [6, 6.07) is 2.92. The second kappa shape index (κ2) is 2.39. The average molecular weight is 189 g/mol. The van der Waals surface area contributed by atoms with Gasteiger partial charge in [0.1, 0.15) is 16.4 Å². The van der Waals surface area contributed by atoms with Gasteiger partial charge in [0.25, 0.3) is 0 Å². The standard InChI is InChI=1S/C6H2ClFN2S/c7-5-3(8)1-2-4-6(5)9-10-11-4/h1-2H. The van der Waals surface area contributed by atoms with Gasteiger partial charge in [-0.15, -0.1) is 5.10 Å². The molecule has 0 atom stereocenters. The molecule has 1 heterocycles. The van der Waals surface area contributed by atoms with Gasteiger partial charge in [-0.3, -0.25) is 0 Å². The first-order valence-corrected chi connectivity index (χ1v) is 4.00. The van der Waals surface area contributed by atoms with E-state index in [4.69, 9.17) is 11.6 Å². The summed E-state index contributed by atoms with van der Waals surface area (Å²) in [6.45, 7) is 0. The smallest absolute Gasteiger partial charge is 0.144 e. The summed E-state index contributed by atoms with van der Waals surface area (Å²) < 4.78 is 17.2. The van der Waals surface area contributed by atoms with E-state index in [0.717, 1.165) is 4.70 Å². The zero-order chi connectivity index (χ0) is 7.84. The van der Waals surface area contributed by atoms with Gasteiger partial charge in [0.05, 0.1) is 4.70 Å². The molecule has 2 nitrogen and oxygen atoms in total. The van der Waals surface area contributed by atoms with Crippen molar-refractivity contribution in [1.29, 1.82) is 0 Å². The first kappa shape index (κ1) is 6.94. The van der Waals surface area contributed by atoms with Gasteiger partial charge in [-0.2, -0.15) is 0 Å². The maximum Gasteiger partial charge on any atom is 0.144 e. The van der Waals surface area contributed by atoms with Crippen LogP contribution in [-0.2, 0) is 0 Å². The van der Waals surface area contributed by atoms with E-state index in [2.05, 4.69) is 9.59 Å². The Morgan fingerprint density at radius 3 is 3.09 bits per heavy atom. The number of hydrogen-bond donors (Lipinski definition) is 0. The van der Waals surface area contributed by atoms with Gasteiger partial charge in [0.15, 0.2) is 0 Å². The summed E-state index contributed by atoms with van der Waals surface area (Å²) in [5.74, 6) is -0.452. The van der Waals surface area contributed by atoms with Crippen LogP contribution in [0.5, 0.6) is 0 Å². The van der Waals surface area contributed by atoms with Crippen molar-refractivity contribution >= 4 is 33.4 Å². The first-order chi connectivity index (χ1) is 5.29. The summed E-state index contributed by atoms with van der Waals surface area (Å²) in [6.07, 6.45) is 0. The molecule has 56 valence electrons. The van der Waals surface area contributed by atoms with Crippen LogP contribution >= 0.6 is 23.1 Å². The third-order valence-corrected chi connectivity index (χ3v) is 2.36. The second-order valence-electron chi connectivity index (χ2n) is 1.98. The minimum absolute atomic E-state index is 0.0521. The van der Waals surface area contributed by atoms with E-state index in [0.29, 0.717) is 5.52 Å². The van der Waals surface area contributed by atoms with E-state index in [9.17, 15) is 4.39 Å². The molecule has 0 spiro atoms. The number of aromatic nitrogens is 2. The number of fused-ring (bicyclic) bond motifs is 1. The van der Waals surface area contributed by atoms with Gasteiger partial charge in [0.2, 0.25) is 0 Å². The molecule has 0 bridgehead atoms. The molecule has 0 aliphatic carbocycles. The maximum atomic E-state index is 12.7. The predicted octanol–water partition coefficient (Wildman–Crippen LogP) is 2.48. The fourth-order valence-corrected chi connectivity index (χ4v) is 1.62. The van der Waals surface area contributed by atoms with Crippen LogP contribution in [0, 0.1) is 5.82 Å². The molecule has 0 fully saturated rings. The van der Waals surface area contributed by atoms with Crippen molar-refractivity contribution in [2.24, 2.45) is 0 Å². The molecule has 5 heteroatoms. The molecule has 1 aromatic carbocycles. The van der Waals surface area contributed by atoms with Crippen molar-refractivity contribution in [3.8, 4) is 0 Å². The van der Waals surface area contributed by atoms with Gasteiger partial charge in [0, 0.05) is 0 Å². The van der Waals surface area contributed by atoms with E-state index in [1.807, 2.05) is 0 Å². The molecule has 2 aromatic rings. The first-order valence-electron chi connectivity index (χ1n) is 2.85. The maximum absolute atomic E-state index is 12.7. The Hall–Kier alpha value is -0.740. The third kappa shape index (κ3) is 0.985. The Labute approximate surface area is 70.8 Å². The van der Waals surface area contributed by atoms with Gasteiger partial charge < -0.3 is 0 Å². The monoisotopic (exact) mass is 188 g/mol. The number of rotatable bonds is 0. The number of nitrogens with zero attached hydrogens (tertiary/aromatic N) is 2. The number of benzene rings is 1. The van der Waals surface area contributed by atoms with Crippen molar-refractivity contribution in [2.45, 2.75) is 0 Å². The Morgan fingerprint density at radius 1 is 1.45 bits per heavy atom. The largest absolute Gasteiger partial charge is 0.205 e. The molecular formula is C6H2ClFN2S. The van der Waals surface area contributed by atoms with Crippen LogP contribution < -0.4 is 0 Å². The van der Waals surface area contributed by atoms with Crippen LogP contribution in [0.1, 0.15) is 0 Å². The Balaban J connectivity index is 2.93. The van der Waals surface area contributed by atoms with E-state index in [-0.39, 0.29) is 5.02 Å². The van der Waals surface area contributed by atoms with Gasteiger partial charge in [-0.1, -0.05) is 16.1 Å². The van der Waals surface area contributed by atoms with Crippen molar-refractivity contribution < 1.29 is 4.39 Å². The number of halogens is 2. The molecule has 0 saturated heterocycles. The zero-order valence-corrected chi connectivity index (χ0v) is 6.79. The number of hydrogen-bond acceptors (Lipinski definition) is 3. The van der Waals surface area contributed by atoms with Gasteiger partial charge in [-0.25, -0.2) is 4.39 Å². The SMILES string of the molecule is Fc1ccc2snnc2c1Cl. The summed E-state index contributed by atoms with van der Waals surface area (Å²) in [5, 5.41) is 3.73. The fraction of sp³-hybridized carbons (Fsp3) is 0. The van der Waals surface area contributed by atoms with E-state index >= 15 is 0 Å². The fourth-order valence-electron chi connectivity index (χ4n) is 0.794. The van der Waals surface area contributed by atoms with Gasteiger partial charge in [-0.05, 0) is 23.7 Å². The molecule has 0 aliphatic heterocycles. The predicted molar refractivity (Wildman–Crippen MR) is 42.4 cm³/mol. The Morgan fingerprint density at radius 2 is 2.27 bits per heavy atom. The molecular weight excluding hydrogens is 187 g/mol.